The van der Waals surface area contributed by atoms with Crippen molar-refractivity contribution in [3.8, 4) is 12.3 Å². The molecule has 0 aliphatic rings. The Morgan fingerprint density at radius 2 is 2.13 bits per heavy atom. The van der Waals surface area contributed by atoms with Crippen molar-refractivity contribution in [3.63, 3.8) is 0 Å². The SMILES string of the molecule is C#Cc1cc(C(=O)OC)c(F)c(F)c1Br. The summed E-state index contributed by atoms with van der Waals surface area (Å²) in [6.45, 7) is 0. The third-order valence-corrected chi connectivity index (χ3v) is 2.48. The van der Waals surface area contributed by atoms with E-state index in [1.54, 1.807) is 0 Å². The lowest BCUT2D eigenvalue weighted by Crippen LogP contribution is -2.07. The normalized spacial score (nSPS) is 9.53. The summed E-state index contributed by atoms with van der Waals surface area (Å²) in [7, 11) is 1.07. The van der Waals surface area contributed by atoms with E-state index < -0.39 is 23.2 Å². The maximum atomic E-state index is 13.2. The Hall–Kier alpha value is -1.41. The average molecular weight is 275 g/mol. The largest absolute Gasteiger partial charge is 0.465 e. The van der Waals surface area contributed by atoms with E-state index in [9.17, 15) is 13.6 Å². The van der Waals surface area contributed by atoms with Crippen LogP contribution in [0.25, 0.3) is 0 Å². The van der Waals surface area contributed by atoms with Gasteiger partial charge in [0.05, 0.1) is 17.1 Å². The first kappa shape index (κ1) is 11.7. The zero-order chi connectivity index (χ0) is 11.6. The molecule has 0 N–H and O–H groups in total. The number of hydrogen-bond acceptors (Lipinski definition) is 2. The first-order chi connectivity index (χ1) is 7.02. The van der Waals surface area contributed by atoms with E-state index in [0.717, 1.165) is 13.2 Å². The lowest BCUT2D eigenvalue weighted by atomic mass is 10.1. The Morgan fingerprint density at radius 3 is 2.60 bits per heavy atom. The number of ether oxygens (including phenoxy) is 1. The monoisotopic (exact) mass is 274 g/mol. The molecule has 0 radical (unpaired) electrons. The fraction of sp³-hybridized carbons (Fsp3) is 0.100. The molecule has 0 unspecified atom stereocenters. The van der Waals surface area contributed by atoms with E-state index in [4.69, 9.17) is 6.42 Å². The van der Waals surface area contributed by atoms with Gasteiger partial charge >= 0.3 is 5.97 Å². The van der Waals surface area contributed by atoms with Gasteiger partial charge in [0.15, 0.2) is 11.6 Å². The van der Waals surface area contributed by atoms with E-state index in [0.29, 0.717) is 0 Å². The zero-order valence-electron chi connectivity index (χ0n) is 7.61. The van der Waals surface area contributed by atoms with E-state index in [-0.39, 0.29) is 10.0 Å². The summed E-state index contributed by atoms with van der Waals surface area (Å²) in [6.07, 6.45) is 5.06. The molecule has 0 fully saturated rings. The van der Waals surface area contributed by atoms with Crippen molar-refractivity contribution >= 4 is 21.9 Å². The maximum Gasteiger partial charge on any atom is 0.341 e. The standard InChI is InChI=1S/C10H5BrF2O2/c1-3-5-4-6(10(14)15-2)8(12)9(13)7(5)11/h1,4H,2H3. The third-order valence-electron chi connectivity index (χ3n) is 1.71. The molecule has 1 aromatic rings. The average Bonchev–Trinajstić information content (AvgIpc) is 2.25. The molecule has 0 aromatic heterocycles. The number of terminal acetylenes is 1. The Bertz CT molecular complexity index is 463. The van der Waals surface area contributed by atoms with Gasteiger partial charge in [0.1, 0.15) is 0 Å². The van der Waals surface area contributed by atoms with Gasteiger partial charge in [-0.05, 0) is 22.0 Å². The van der Waals surface area contributed by atoms with Crippen LogP contribution in [0, 0.1) is 24.0 Å². The highest BCUT2D eigenvalue weighted by molar-refractivity contribution is 9.10. The van der Waals surface area contributed by atoms with Gasteiger partial charge in [0.2, 0.25) is 0 Å². The minimum Gasteiger partial charge on any atom is -0.465 e. The summed E-state index contributed by atoms with van der Waals surface area (Å²) in [5, 5.41) is 0. The van der Waals surface area contributed by atoms with Crippen LogP contribution in [0.4, 0.5) is 8.78 Å². The fourth-order valence-electron chi connectivity index (χ4n) is 0.967. The van der Waals surface area contributed by atoms with Crippen LogP contribution in [0.15, 0.2) is 10.5 Å². The van der Waals surface area contributed by atoms with Gasteiger partial charge in [-0.15, -0.1) is 6.42 Å². The zero-order valence-corrected chi connectivity index (χ0v) is 9.19. The number of rotatable bonds is 1. The molecule has 0 spiro atoms. The second-order valence-corrected chi connectivity index (χ2v) is 3.34. The maximum absolute atomic E-state index is 13.2. The van der Waals surface area contributed by atoms with Crippen molar-refractivity contribution in [1.29, 1.82) is 0 Å². The molecule has 15 heavy (non-hydrogen) atoms. The smallest absolute Gasteiger partial charge is 0.341 e. The van der Waals surface area contributed by atoms with E-state index >= 15 is 0 Å². The van der Waals surface area contributed by atoms with Crippen LogP contribution in [-0.2, 0) is 4.74 Å². The van der Waals surface area contributed by atoms with Crippen molar-refractivity contribution in [3.05, 3.63) is 33.3 Å². The highest BCUT2D eigenvalue weighted by atomic mass is 79.9. The molecular weight excluding hydrogens is 270 g/mol. The number of halogens is 3. The predicted molar refractivity (Wildman–Crippen MR) is 53.3 cm³/mol. The van der Waals surface area contributed by atoms with Crippen LogP contribution < -0.4 is 0 Å². The Balaban J connectivity index is 3.50. The van der Waals surface area contributed by atoms with Crippen LogP contribution in [0.5, 0.6) is 0 Å². The molecule has 2 nitrogen and oxygen atoms in total. The van der Waals surface area contributed by atoms with Crippen LogP contribution in [0.3, 0.4) is 0 Å². The minimum atomic E-state index is -1.28. The number of hydrogen-bond donors (Lipinski definition) is 0. The molecule has 78 valence electrons. The number of benzene rings is 1. The molecular formula is C10H5BrF2O2. The number of carbonyl (C=O) groups excluding carboxylic acids is 1. The number of carbonyl (C=O) groups is 1. The molecule has 0 aliphatic heterocycles. The first-order valence-electron chi connectivity index (χ1n) is 3.75. The van der Waals surface area contributed by atoms with Gasteiger partial charge < -0.3 is 4.74 Å². The lowest BCUT2D eigenvalue weighted by Gasteiger charge is -2.05. The summed E-state index contributed by atoms with van der Waals surface area (Å²) >= 11 is 2.79. The van der Waals surface area contributed by atoms with Crippen molar-refractivity contribution < 1.29 is 18.3 Å². The molecule has 0 atom stereocenters. The highest BCUT2D eigenvalue weighted by Crippen LogP contribution is 2.25. The quantitative estimate of drug-likeness (QED) is 0.447. The molecule has 0 heterocycles. The van der Waals surface area contributed by atoms with Gasteiger partial charge in [-0.2, -0.15) is 0 Å². The van der Waals surface area contributed by atoms with Gasteiger partial charge in [0.25, 0.3) is 0 Å². The highest BCUT2D eigenvalue weighted by Gasteiger charge is 2.20. The van der Waals surface area contributed by atoms with Crippen molar-refractivity contribution in [1.82, 2.24) is 0 Å². The molecule has 0 saturated heterocycles. The van der Waals surface area contributed by atoms with Crippen LogP contribution >= 0.6 is 15.9 Å². The molecule has 5 heteroatoms. The molecule has 0 saturated carbocycles. The predicted octanol–water partition coefficient (Wildman–Crippen LogP) is 2.50. The summed E-state index contributed by atoms with van der Waals surface area (Å²) in [4.78, 5) is 11.1. The second-order valence-electron chi connectivity index (χ2n) is 2.55. The fourth-order valence-corrected chi connectivity index (χ4v) is 1.37. The molecule has 0 amide bonds. The van der Waals surface area contributed by atoms with Crippen LogP contribution in [0.2, 0.25) is 0 Å². The van der Waals surface area contributed by atoms with Gasteiger partial charge in [-0.25, -0.2) is 13.6 Å². The van der Waals surface area contributed by atoms with Crippen LogP contribution in [-0.4, -0.2) is 13.1 Å². The van der Waals surface area contributed by atoms with E-state index in [2.05, 4.69) is 26.6 Å². The van der Waals surface area contributed by atoms with E-state index in [1.165, 1.54) is 0 Å². The molecule has 0 aliphatic carbocycles. The van der Waals surface area contributed by atoms with Crippen molar-refractivity contribution in [2.45, 2.75) is 0 Å². The Morgan fingerprint density at radius 1 is 1.53 bits per heavy atom. The van der Waals surface area contributed by atoms with Crippen molar-refractivity contribution in [2.24, 2.45) is 0 Å². The second kappa shape index (κ2) is 4.41. The summed E-state index contributed by atoms with van der Waals surface area (Å²) in [5.41, 5.74) is -0.472. The Kier molecular flexibility index (Phi) is 3.43. The summed E-state index contributed by atoms with van der Waals surface area (Å²) in [5.74, 6) is -1.34. The number of methoxy groups -OCH3 is 1. The van der Waals surface area contributed by atoms with Gasteiger partial charge in [0, 0.05) is 5.56 Å². The lowest BCUT2D eigenvalue weighted by molar-refractivity contribution is 0.0594. The molecule has 0 bridgehead atoms. The van der Waals surface area contributed by atoms with Crippen molar-refractivity contribution in [2.75, 3.05) is 7.11 Å². The summed E-state index contributed by atoms with van der Waals surface area (Å²) in [6, 6.07) is 1.05. The number of esters is 1. The van der Waals surface area contributed by atoms with Crippen LogP contribution in [0.1, 0.15) is 15.9 Å². The van der Waals surface area contributed by atoms with Gasteiger partial charge in [-0.1, -0.05) is 5.92 Å². The molecule has 1 aromatic carbocycles. The Labute approximate surface area is 93.4 Å². The summed E-state index contributed by atoms with van der Waals surface area (Å²) < 4.78 is 30.5. The van der Waals surface area contributed by atoms with E-state index in [1.807, 2.05) is 0 Å². The first-order valence-corrected chi connectivity index (χ1v) is 4.54. The molecule has 1 rings (SSSR count). The third kappa shape index (κ3) is 2.00. The topological polar surface area (TPSA) is 26.3 Å². The van der Waals surface area contributed by atoms with Gasteiger partial charge in [-0.3, -0.25) is 0 Å². The minimum absolute atomic E-state index is 0.0503.